The summed E-state index contributed by atoms with van der Waals surface area (Å²) in [6.07, 6.45) is -21.8. The third-order valence-corrected chi connectivity index (χ3v) is 11.3. The fraction of sp³-hybridized carbons (Fsp3) is 0.872. The largest absolute Gasteiger partial charge is 1.00 e. The SMILES string of the molecule is C=C[C@@H](O)[C@H](CO[C@@H]1O[C@H](CO)[C@@H](O[C@@H]2O[C@H](CO)[C@H](O)[C@H](O[C@]3(C(=O)[O-])C[C@H](O)[C@@H](NC(C)=O)[C@H]([C@H](O)[C@H](O)CO)O3)[C@H]2O)[C@H](O)[C@H]1O)NC(=O)CCCCCCCCCCN=[N+]=[N-].[Na+]. The van der Waals surface area contributed by atoms with Crippen molar-refractivity contribution < 1.29 is 134 Å². The number of azide groups is 1. The second kappa shape index (κ2) is 29.7. The summed E-state index contributed by atoms with van der Waals surface area (Å²) in [5.74, 6) is -6.64. The van der Waals surface area contributed by atoms with Crippen molar-refractivity contribution in [2.45, 2.75) is 181 Å². The van der Waals surface area contributed by atoms with Gasteiger partial charge in [-0.05, 0) is 18.4 Å². The Bertz CT molecular complexity index is 1540. The monoisotopic (exact) mass is 963 g/mol. The normalized spacial score (nSPS) is 34.1. The fourth-order valence-corrected chi connectivity index (χ4v) is 7.72. The Morgan fingerprint density at radius 1 is 0.894 bits per heavy atom. The van der Waals surface area contributed by atoms with Gasteiger partial charge in [0.1, 0.15) is 73.1 Å². The van der Waals surface area contributed by atoms with E-state index in [1.807, 2.05) is 0 Å². The number of hydrogen-bond donors (Lipinski definition) is 13. The van der Waals surface area contributed by atoms with Crippen LogP contribution in [0.2, 0.25) is 0 Å². The molecule has 374 valence electrons. The molecule has 66 heavy (non-hydrogen) atoms. The van der Waals surface area contributed by atoms with Gasteiger partial charge in [0.25, 0.3) is 0 Å². The number of nitrogens with one attached hydrogen (secondary N) is 2. The van der Waals surface area contributed by atoms with Crippen molar-refractivity contribution in [1.82, 2.24) is 10.6 Å². The first kappa shape index (κ1) is 59.9. The average molecular weight is 964 g/mol. The van der Waals surface area contributed by atoms with Crippen molar-refractivity contribution in [2.75, 3.05) is 33.0 Å². The molecule has 13 N–H and O–H groups in total. The molecule has 0 saturated carbocycles. The number of rotatable bonds is 28. The van der Waals surface area contributed by atoms with Crippen molar-refractivity contribution in [2.24, 2.45) is 5.11 Å². The number of nitrogens with zero attached hydrogens (tertiary/aromatic N) is 3. The van der Waals surface area contributed by atoms with Crippen LogP contribution >= 0.6 is 0 Å². The zero-order valence-corrected chi connectivity index (χ0v) is 39.0. The predicted octanol–water partition coefficient (Wildman–Crippen LogP) is -8.68. The predicted molar refractivity (Wildman–Crippen MR) is 215 cm³/mol. The van der Waals surface area contributed by atoms with Crippen LogP contribution in [0.3, 0.4) is 0 Å². The van der Waals surface area contributed by atoms with Gasteiger partial charge in [-0.3, -0.25) is 9.59 Å². The minimum absolute atomic E-state index is 0. The van der Waals surface area contributed by atoms with E-state index >= 15 is 0 Å². The van der Waals surface area contributed by atoms with E-state index in [-0.39, 0.29) is 36.0 Å². The van der Waals surface area contributed by atoms with E-state index in [2.05, 4.69) is 27.2 Å². The summed E-state index contributed by atoms with van der Waals surface area (Å²) in [4.78, 5) is 40.1. The van der Waals surface area contributed by atoms with Gasteiger partial charge in [-0.25, -0.2) is 0 Å². The van der Waals surface area contributed by atoms with E-state index in [1.165, 1.54) is 0 Å². The van der Waals surface area contributed by atoms with Crippen LogP contribution in [0.15, 0.2) is 17.8 Å². The topological polar surface area (TPSA) is 425 Å². The number of aliphatic hydroxyl groups excluding tert-OH is 11. The van der Waals surface area contributed by atoms with E-state index in [0.29, 0.717) is 13.0 Å². The van der Waals surface area contributed by atoms with E-state index in [0.717, 1.165) is 57.9 Å². The molecule has 27 heteroatoms. The molecule has 0 aromatic carbocycles. The van der Waals surface area contributed by atoms with Crippen LogP contribution in [0.1, 0.15) is 71.1 Å². The van der Waals surface area contributed by atoms with Crippen molar-refractivity contribution in [3.63, 3.8) is 0 Å². The van der Waals surface area contributed by atoms with Gasteiger partial charge < -0.3 is 105 Å². The maximum Gasteiger partial charge on any atom is 1.00 e. The van der Waals surface area contributed by atoms with Crippen LogP contribution in [0.4, 0.5) is 0 Å². The summed E-state index contributed by atoms with van der Waals surface area (Å²) >= 11 is 0. The molecule has 18 atom stereocenters. The summed E-state index contributed by atoms with van der Waals surface area (Å²) in [7, 11) is 0. The second-order valence-electron chi connectivity index (χ2n) is 16.2. The number of amides is 2. The number of carboxylic acid groups (broad SMARTS) is 1. The molecule has 3 rings (SSSR count). The number of unbranched alkanes of at least 4 members (excludes halogenated alkanes) is 7. The number of carbonyl (C=O) groups is 3. The van der Waals surface area contributed by atoms with Gasteiger partial charge in [-0.2, -0.15) is 0 Å². The molecule has 0 radical (unpaired) electrons. The molecule has 3 fully saturated rings. The molecule has 0 aromatic rings. The Morgan fingerprint density at radius 3 is 2.06 bits per heavy atom. The third kappa shape index (κ3) is 16.7. The van der Waals surface area contributed by atoms with Crippen LogP contribution in [-0.2, 0) is 42.8 Å². The van der Waals surface area contributed by atoms with Gasteiger partial charge in [-0.15, -0.1) is 6.58 Å². The summed E-state index contributed by atoms with van der Waals surface area (Å²) in [5, 5.41) is 138. The molecular formula is C39H66N5NaO21. The van der Waals surface area contributed by atoms with E-state index < -0.39 is 160 Å². The second-order valence-corrected chi connectivity index (χ2v) is 16.2. The molecule has 0 unspecified atom stereocenters. The Morgan fingerprint density at radius 2 is 1.50 bits per heavy atom. The van der Waals surface area contributed by atoms with Gasteiger partial charge in [0.15, 0.2) is 12.6 Å². The number of carbonyl (C=O) groups excluding carboxylic acids is 3. The minimum Gasteiger partial charge on any atom is -0.544 e. The molecule has 0 bridgehead atoms. The molecule has 3 saturated heterocycles. The Hall–Kier alpha value is -2.22. The summed E-state index contributed by atoms with van der Waals surface area (Å²) < 4.78 is 33.7. The maximum absolute atomic E-state index is 12.8. The number of ether oxygens (including phenoxy) is 6. The molecule has 0 aliphatic carbocycles. The first-order valence-corrected chi connectivity index (χ1v) is 21.5. The quantitative estimate of drug-likeness (QED) is 0.00865. The zero-order valence-electron chi connectivity index (χ0n) is 37.0. The number of hydrogen-bond acceptors (Lipinski definition) is 22. The Balaban J connectivity index is 0.0000150. The minimum atomic E-state index is -3.20. The first-order chi connectivity index (χ1) is 30.9. The van der Waals surface area contributed by atoms with Crippen LogP contribution in [0.5, 0.6) is 0 Å². The van der Waals surface area contributed by atoms with Crippen molar-refractivity contribution in [3.8, 4) is 0 Å². The van der Waals surface area contributed by atoms with Gasteiger partial charge in [0.2, 0.25) is 17.6 Å². The van der Waals surface area contributed by atoms with Crippen molar-refractivity contribution in [1.29, 1.82) is 0 Å². The Labute approximate surface area is 402 Å². The van der Waals surface area contributed by atoms with Crippen molar-refractivity contribution in [3.05, 3.63) is 23.1 Å². The summed E-state index contributed by atoms with van der Waals surface area (Å²) in [5.41, 5.74) is 8.32. The first-order valence-electron chi connectivity index (χ1n) is 21.5. The standard InChI is InChI=1S/C39H67N5O21.Na/c1-3-21(49)20(43-26(52)12-10-8-6-4-5-7-9-11-13-41-44-40)18-60-36-31(56)30(55)33(25(17-47)62-36)63-37-32(57)35(29(54)24(16-46)61-37)65-39(38(58)59)14-22(50)27(42-19(2)48)34(64-39)28(53)23(51)15-45;/h3,20-25,27-37,45-47,49-51,53-57H,1,4-18H2,2H3,(H,42,48)(H,43,52)(H,58,59);/q;+1/p-1/t20-,21+,22-,23+,24+,25+,27+,28+,29-,30+,31+,32+,33+,34+,35-,36+,37-,39-;/m0./s1. The van der Waals surface area contributed by atoms with E-state index in [9.17, 15) is 75.7 Å². The van der Waals surface area contributed by atoms with Gasteiger partial charge in [0.05, 0.1) is 50.7 Å². The Kier molecular flexibility index (Phi) is 27.0. The van der Waals surface area contributed by atoms with Gasteiger partial charge >= 0.3 is 29.6 Å². The molecule has 0 spiro atoms. The van der Waals surface area contributed by atoms with Crippen LogP contribution in [0.25, 0.3) is 10.4 Å². The zero-order chi connectivity index (χ0) is 48.4. The van der Waals surface area contributed by atoms with Crippen molar-refractivity contribution >= 4 is 17.8 Å². The van der Waals surface area contributed by atoms with Crippen LogP contribution < -0.4 is 45.3 Å². The molecule has 3 aliphatic rings. The molecule has 3 heterocycles. The number of aliphatic carboxylic acids is 1. The fourth-order valence-electron chi connectivity index (χ4n) is 7.72. The average Bonchev–Trinajstić information content (AvgIpc) is 3.28. The molecule has 3 aliphatic heterocycles. The molecule has 0 aromatic heterocycles. The van der Waals surface area contributed by atoms with Crippen LogP contribution in [-0.4, -0.2) is 217 Å². The maximum atomic E-state index is 12.8. The van der Waals surface area contributed by atoms with Gasteiger partial charge in [-0.1, -0.05) is 49.7 Å². The van der Waals surface area contributed by atoms with E-state index in [4.69, 9.17) is 34.0 Å². The molecular weight excluding hydrogens is 897 g/mol. The summed E-state index contributed by atoms with van der Waals surface area (Å²) in [6, 6.07) is -2.71. The van der Waals surface area contributed by atoms with E-state index in [1.54, 1.807) is 0 Å². The summed E-state index contributed by atoms with van der Waals surface area (Å²) in [6.45, 7) is 1.47. The van der Waals surface area contributed by atoms with Crippen LogP contribution in [0, 0.1) is 0 Å². The third-order valence-electron chi connectivity index (χ3n) is 11.3. The smallest absolute Gasteiger partial charge is 0.544 e. The van der Waals surface area contributed by atoms with Gasteiger partial charge in [0, 0.05) is 31.2 Å². The molecule has 2 amide bonds. The molecule has 26 nitrogen and oxygen atoms in total. The number of carboxylic acids is 1. The number of aliphatic hydroxyl groups is 11.